The molecule has 1 aromatic heterocycles. The number of aryl methyl sites for hydroxylation is 1. The maximum atomic E-state index is 12.9. The highest BCUT2D eigenvalue weighted by molar-refractivity contribution is 7.89. The largest absolute Gasteiger partial charge is 0.335 e. The number of para-hydroxylation sites is 1. The molecule has 142 valence electrons. The van der Waals surface area contributed by atoms with E-state index in [0.717, 1.165) is 25.1 Å². The van der Waals surface area contributed by atoms with E-state index in [0.29, 0.717) is 12.1 Å². The average molecular weight is 404 g/mol. The number of rotatable bonds is 5. The highest BCUT2D eigenvalue weighted by Gasteiger charge is 2.22. The lowest BCUT2D eigenvalue weighted by Crippen LogP contribution is -2.28. The highest BCUT2D eigenvalue weighted by atomic mass is 32.2. The van der Waals surface area contributed by atoms with Crippen LogP contribution in [-0.4, -0.2) is 49.7 Å². The molecule has 0 bridgehead atoms. The van der Waals surface area contributed by atoms with E-state index in [9.17, 15) is 13.2 Å². The van der Waals surface area contributed by atoms with E-state index in [1.807, 2.05) is 24.3 Å². The van der Waals surface area contributed by atoms with Crippen molar-refractivity contribution in [1.29, 1.82) is 0 Å². The molecule has 0 unspecified atom stereocenters. The van der Waals surface area contributed by atoms with Crippen LogP contribution in [0.2, 0.25) is 0 Å². The Hall–Kier alpha value is -2.29. The van der Waals surface area contributed by atoms with Crippen LogP contribution in [0.3, 0.4) is 0 Å². The summed E-state index contributed by atoms with van der Waals surface area (Å²) in [6.45, 7) is 2.16. The molecular weight excluding hydrogens is 382 g/mol. The summed E-state index contributed by atoms with van der Waals surface area (Å²) < 4.78 is 27.0. The Balaban J connectivity index is 1.88. The third-order valence-corrected chi connectivity index (χ3v) is 7.11. The number of nitrogens with zero attached hydrogens (tertiary/aromatic N) is 3. The molecule has 0 fully saturated rings. The van der Waals surface area contributed by atoms with Crippen LogP contribution >= 0.6 is 11.3 Å². The number of sulfonamides is 1. The Kier molecular flexibility index (Phi) is 5.32. The van der Waals surface area contributed by atoms with Crippen LogP contribution in [0, 0.1) is 6.92 Å². The van der Waals surface area contributed by atoms with Gasteiger partial charge in [0.25, 0.3) is 5.91 Å². The molecule has 6 nitrogen and oxygen atoms in total. The lowest BCUT2D eigenvalue weighted by Gasteiger charge is -2.18. The van der Waals surface area contributed by atoms with Crippen molar-refractivity contribution < 1.29 is 13.2 Å². The van der Waals surface area contributed by atoms with Crippen molar-refractivity contribution in [2.75, 3.05) is 21.1 Å². The van der Waals surface area contributed by atoms with Gasteiger partial charge in [-0.25, -0.2) is 17.7 Å². The fraction of sp³-hybridized carbons (Fsp3) is 0.263. The monoisotopic (exact) mass is 403 g/mol. The smallest absolute Gasteiger partial charge is 0.254 e. The molecule has 0 saturated heterocycles. The normalized spacial score (nSPS) is 11.9. The standard InChI is InChI=1S/C19H21N3O3S2/c1-13-9-10-14(27(24,25)21(2)3)11-15(13)19(23)22(4)12-18-20-16-7-5-6-8-17(16)26-18/h5-11H,12H2,1-4H3. The maximum Gasteiger partial charge on any atom is 0.254 e. The molecule has 2 aromatic carbocycles. The van der Waals surface area contributed by atoms with Gasteiger partial charge in [0.15, 0.2) is 0 Å². The summed E-state index contributed by atoms with van der Waals surface area (Å²) in [5.74, 6) is -0.234. The lowest BCUT2D eigenvalue weighted by atomic mass is 10.1. The van der Waals surface area contributed by atoms with Gasteiger partial charge in [0.05, 0.1) is 21.7 Å². The average Bonchev–Trinajstić information content (AvgIpc) is 3.03. The number of aromatic nitrogens is 1. The first kappa shape index (κ1) is 19.5. The predicted molar refractivity (Wildman–Crippen MR) is 107 cm³/mol. The number of hydrogen-bond acceptors (Lipinski definition) is 5. The number of thiazole rings is 1. The highest BCUT2D eigenvalue weighted by Crippen LogP contribution is 2.24. The Morgan fingerprint density at radius 3 is 2.48 bits per heavy atom. The molecule has 1 heterocycles. The molecule has 3 rings (SSSR count). The van der Waals surface area contributed by atoms with E-state index in [4.69, 9.17) is 0 Å². The first-order chi connectivity index (χ1) is 12.7. The molecule has 1 amide bonds. The summed E-state index contributed by atoms with van der Waals surface area (Å²) in [4.78, 5) is 19.1. The predicted octanol–water partition coefficient (Wildman–Crippen LogP) is 3.13. The minimum Gasteiger partial charge on any atom is -0.335 e. The van der Waals surface area contributed by atoms with Gasteiger partial charge in [0.1, 0.15) is 5.01 Å². The molecule has 0 aliphatic rings. The van der Waals surface area contributed by atoms with E-state index in [-0.39, 0.29) is 10.8 Å². The Morgan fingerprint density at radius 2 is 1.81 bits per heavy atom. The van der Waals surface area contributed by atoms with Gasteiger partial charge in [-0.2, -0.15) is 0 Å². The molecule has 0 atom stereocenters. The number of carbonyl (C=O) groups excluding carboxylic acids is 1. The second kappa shape index (κ2) is 7.38. The first-order valence-electron chi connectivity index (χ1n) is 8.33. The fourth-order valence-electron chi connectivity index (χ4n) is 2.67. The molecule has 0 spiro atoms. The Bertz CT molecular complexity index is 1070. The minimum absolute atomic E-state index is 0.106. The molecule has 0 radical (unpaired) electrons. The zero-order valence-corrected chi connectivity index (χ0v) is 17.3. The topological polar surface area (TPSA) is 70.6 Å². The van der Waals surface area contributed by atoms with Crippen molar-refractivity contribution >= 4 is 37.5 Å². The minimum atomic E-state index is -3.60. The van der Waals surface area contributed by atoms with Crippen molar-refractivity contribution in [3.63, 3.8) is 0 Å². The zero-order valence-electron chi connectivity index (χ0n) is 15.6. The van der Waals surface area contributed by atoms with Crippen LogP contribution in [0.25, 0.3) is 10.2 Å². The number of fused-ring (bicyclic) bond motifs is 1. The van der Waals surface area contributed by atoms with Crippen LogP contribution in [0.15, 0.2) is 47.4 Å². The van der Waals surface area contributed by atoms with Crippen LogP contribution < -0.4 is 0 Å². The second-order valence-corrected chi connectivity index (χ2v) is 9.77. The summed E-state index contributed by atoms with van der Waals surface area (Å²) in [5.41, 5.74) is 2.02. The van der Waals surface area contributed by atoms with Crippen LogP contribution in [0.4, 0.5) is 0 Å². The molecule has 3 aromatic rings. The summed E-state index contributed by atoms with van der Waals surface area (Å²) in [6, 6.07) is 12.5. The van der Waals surface area contributed by atoms with E-state index >= 15 is 0 Å². The van der Waals surface area contributed by atoms with Gasteiger partial charge in [-0.1, -0.05) is 18.2 Å². The van der Waals surface area contributed by atoms with Crippen LogP contribution in [0.1, 0.15) is 20.9 Å². The molecular formula is C19H21N3O3S2. The van der Waals surface area contributed by atoms with Gasteiger partial charge < -0.3 is 4.90 Å². The van der Waals surface area contributed by atoms with Crippen LogP contribution in [-0.2, 0) is 16.6 Å². The van der Waals surface area contributed by atoms with Crippen LogP contribution in [0.5, 0.6) is 0 Å². The quantitative estimate of drug-likeness (QED) is 0.656. The van der Waals surface area contributed by atoms with Gasteiger partial charge in [-0.3, -0.25) is 4.79 Å². The Morgan fingerprint density at radius 1 is 1.11 bits per heavy atom. The number of hydrogen-bond donors (Lipinski definition) is 0. The Labute approximate surface area is 163 Å². The van der Waals surface area contributed by atoms with E-state index in [1.165, 1.54) is 26.2 Å². The van der Waals surface area contributed by atoms with Gasteiger partial charge in [-0.05, 0) is 36.8 Å². The molecule has 8 heteroatoms. The third-order valence-electron chi connectivity index (χ3n) is 4.28. The lowest BCUT2D eigenvalue weighted by molar-refractivity contribution is 0.0784. The summed E-state index contributed by atoms with van der Waals surface area (Å²) >= 11 is 1.55. The van der Waals surface area contributed by atoms with E-state index in [1.54, 1.807) is 36.3 Å². The maximum absolute atomic E-state index is 12.9. The molecule has 0 N–H and O–H groups in total. The van der Waals surface area contributed by atoms with E-state index < -0.39 is 10.0 Å². The second-order valence-electron chi connectivity index (χ2n) is 6.50. The van der Waals surface area contributed by atoms with Crippen molar-refractivity contribution in [2.24, 2.45) is 0 Å². The third kappa shape index (κ3) is 3.87. The van der Waals surface area contributed by atoms with Crippen molar-refractivity contribution in [1.82, 2.24) is 14.2 Å². The molecule has 27 heavy (non-hydrogen) atoms. The first-order valence-corrected chi connectivity index (χ1v) is 10.6. The summed E-state index contributed by atoms with van der Waals surface area (Å²) in [7, 11) is 1.03. The van der Waals surface area contributed by atoms with Crippen molar-refractivity contribution in [2.45, 2.75) is 18.4 Å². The SMILES string of the molecule is Cc1ccc(S(=O)(=O)N(C)C)cc1C(=O)N(C)Cc1nc2ccccc2s1. The number of benzene rings is 2. The summed E-state index contributed by atoms with van der Waals surface area (Å²) in [5, 5.41) is 0.835. The van der Waals surface area contributed by atoms with Gasteiger partial charge in [0, 0.05) is 26.7 Å². The van der Waals surface area contributed by atoms with E-state index in [2.05, 4.69) is 4.98 Å². The van der Waals surface area contributed by atoms with Gasteiger partial charge in [-0.15, -0.1) is 11.3 Å². The molecule has 0 saturated carbocycles. The zero-order chi connectivity index (χ0) is 19.8. The molecule has 0 aliphatic heterocycles. The van der Waals surface area contributed by atoms with Gasteiger partial charge >= 0.3 is 0 Å². The van der Waals surface area contributed by atoms with Crippen molar-refractivity contribution in [3.05, 3.63) is 58.6 Å². The number of carbonyl (C=O) groups is 1. The summed E-state index contributed by atoms with van der Waals surface area (Å²) in [6.07, 6.45) is 0. The fourth-order valence-corrected chi connectivity index (χ4v) is 4.62. The molecule has 0 aliphatic carbocycles. The number of amides is 1. The van der Waals surface area contributed by atoms with Crippen molar-refractivity contribution in [3.8, 4) is 0 Å². The van der Waals surface area contributed by atoms with Gasteiger partial charge in [0.2, 0.25) is 10.0 Å².